The van der Waals surface area contributed by atoms with E-state index >= 15 is 0 Å². The van der Waals surface area contributed by atoms with Gasteiger partial charge in [0, 0.05) is 24.3 Å². The number of nitrogens with zero attached hydrogens (tertiary/aromatic N) is 1. The van der Waals surface area contributed by atoms with Crippen LogP contribution in [0.15, 0.2) is 17.3 Å². The Labute approximate surface area is 106 Å². The number of rotatable bonds is 3. The minimum absolute atomic E-state index is 0.638. The second kappa shape index (κ2) is 5.25. The Morgan fingerprint density at radius 1 is 1.41 bits per heavy atom. The molecule has 0 aromatic carbocycles. The number of aromatic nitrogens is 1. The third kappa shape index (κ3) is 2.56. The maximum absolute atomic E-state index is 5.49. The van der Waals surface area contributed by atoms with Crippen LogP contribution < -0.4 is 15.4 Å². The molecule has 0 bridgehead atoms. The molecular formula is C12H17N3OS. The molecule has 0 spiro atoms. The van der Waals surface area contributed by atoms with E-state index in [4.69, 9.17) is 4.74 Å². The molecule has 3 heterocycles. The summed E-state index contributed by atoms with van der Waals surface area (Å²) in [5.74, 6) is 1.67. The molecule has 2 aliphatic heterocycles. The van der Waals surface area contributed by atoms with Crippen molar-refractivity contribution in [2.75, 3.05) is 19.0 Å². The normalized spacial score (nSPS) is 20.0. The summed E-state index contributed by atoms with van der Waals surface area (Å²) < 4.78 is 5.49. The molecule has 3 rings (SSSR count). The van der Waals surface area contributed by atoms with Crippen LogP contribution in [0.3, 0.4) is 0 Å². The monoisotopic (exact) mass is 251 g/mol. The van der Waals surface area contributed by atoms with Gasteiger partial charge >= 0.3 is 0 Å². The van der Waals surface area contributed by atoms with Gasteiger partial charge in [-0.3, -0.25) is 4.98 Å². The van der Waals surface area contributed by atoms with E-state index in [1.807, 2.05) is 12.4 Å². The quantitative estimate of drug-likeness (QED) is 0.849. The summed E-state index contributed by atoms with van der Waals surface area (Å²) in [4.78, 5) is 5.49. The van der Waals surface area contributed by atoms with Gasteiger partial charge in [0.05, 0.1) is 11.1 Å². The highest BCUT2D eigenvalue weighted by Crippen LogP contribution is 2.37. The summed E-state index contributed by atoms with van der Waals surface area (Å²) in [6.07, 6.45) is 6.19. The summed E-state index contributed by atoms with van der Waals surface area (Å²) >= 11 is 1.77. The van der Waals surface area contributed by atoms with Crippen molar-refractivity contribution in [3.05, 3.63) is 18.0 Å². The summed E-state index contributed by atoms with van der Waals surface area (Å²) in [5, 5.41) is 7.00. The second-order valence-electron chi connectivity index (χ2n) is 4.44. The van der Waals surface area contributed by atoms with Gasteiger partial charge in [-0.2, -0.15) is 0 Å². The summed E-state index contributed by atoms with van der Waals surface area (Å²) in [5.41, 5.74) is 1.27. The van der Waals surface area contributed by atoms with E-state index in [-0.39, 0.29) is 0 Å². The maximum atomic E-state index is 5.49. The van der Waals surface area contributed by atoms with E-state index < -0.39 is 0 Å². The van der Waals surface area contributed by atoms with E-state index in [0.29, 0.717) is 6.04 Å². The number of thioether (sulfide) groups is 1. The molecule has 0 saturated carbocycles. The van der Waals surface area contributed by atoms with Gasteiger partial charge in [0.2, 0.25) is 0 Å². The van der Waals surface area contributed by atoms with Crippen molar-refractivity contribution >= 4 is 11.8 Å². The van der Waals surface area contributed by atoms with Crippen LogP contribution in [0.25, 0.3) is 0 Å². The minimum Gasteiger partial charge on any atom is -0.480 e. The summed E-state index contributed by atoms with van der Waals surface area (Å²) in [6, 6.07) is 0.638. The molecule has 0 unspecified atom stereocenters. The Balaban J connectivity index is 1.63. The molecule has 0 atom stereocenters. The van der Waals surface area contributed by atoms with Gasteiger partial charge in [0.15, 0.2) is 5.75 Å². The van der Waals surface area contributed by atoms with Gasteiger partial charge in [0.1, 0.15) is 5.94 Å². The fourth-order valence-electron chi connectivity index (χ4n) is 2.30. The first-order valence-corrected chi connectivity index (χ1v) is 7.08. The van der Waals surface area contributed by atoms with Crippen LogP contribution in [-0.2, 0) is 6.54 Å². The SMILES string of the molecule is c1ncc2c(c1CNC1CCNCC1)SCO2. The molecule has 2 N–H and O–H groups in total. The van der Waals surface area contributed by atoms with Crippen molar-refractivity contribution in [1.82, 2.24) is 15.6 Å². The van der Waals surface area contributed by atoms with Gasteiger partial charge in [0.25, 0.3) is 0 Å². The molecule has 2 aliphatic rings. The van der Waals surface area contributed by atoms with Crippen molar-refractivity contribution in [3.63, 3.8) is 0 Å². The minimum atomic E-state index is 0.638. The number of hydrogen-bond acceptors (Lipinski definition) is 5. The summed E-state index contributed by atoms with van der Waals surface area (Å²) in [7, 11) is 0. The Morgan fingerprint density at radius 2 is 2.29 bits per heavy atom. The predicted molar refractivity (Wildman–Crippen MR) is 68.3 cm³/mol. The van der Waals surface area contributed by atoms with Crippen LogP contribution >= 0.6 is 11.8 Å². The number of hydrogen-bond donors (Lipinski definition) is 2. The molecule has 0 aliphatic carbocycles. The standard InChI is InChI=1S/C12H17N3OS/c1-3-13-4-2-10(1)15-6-9-5-14-7-11-12(9)17-8-16-11/h5,7,10,13,15H,1-4,6,8H2. The zero-order valence-corrected chi connectivity index (χ0v) is 10.6. The smallest absolute Gasteiger partial charge is 0.152 e. The fourth-order valence-corrected chi connectivity index (χ4v) is 3.16. The molecule has 17 heavy (non-hydrogen) atoms. The van der Waals surface area contributed by atoms with Gasteiger partial charge in [-0.05, 0) is 25.9 Å². The molecular weight excluding hydrogens is 234 g/mol. The van der Waals surface area contributed by atoms with Gasteiger partial charge in [-0.1, -0.05) is 11.8 Å². The highest BCUT2D eigenvalue weighted by atomic mass is 32.2. The van der Waals surface area contributed by atoms with Crippen LogP contribution in [0, 0.1) is 0 Å². The van der Waals surface area contributed by atoms with Crippen LogP contribution in [0.5, 0.6) is 5.75 Å². The fraction of sp³-hybridized carbons (Fsp3) is 0.583. The van der Waals surface area contributed by atoms with Crippen molar-refractivity contribution < 1.29 is 4.74 Å². The number of nitrogens with one attached hydrogen (secondary N) is 2. The van der Waals surface area contributed by atoms with Crippen molar-refractivity contribution in [2.24, 2.45) is 0 Å². The van der Waals surface area contributed by atoms with E-state index in [2.05, 4.69) is 15.6 Å². The first-order valence-electron chi connectivity index (χ1n) is 6.10. The molecule has 4 nitrogen and oxygen atoms in total. The number of fused-ring (bicyclic) bond motifs is 1. The van der Waals surface area contributed by atoms with Gasteiger partial charge < -0.3 is 15.4 Å². The second-order valence-corrected chi connectivity index (χ2v) is 5.37. The van der Waals surface area contributed by atoms with Gasteiger partial charge in [-0.15, -0.1) is 0 Å². The van der Waals surface area contributed by atoms with Crippen molar-refractivity contribution in [1.29, 1.82) is 0 Å². The third-order valence-electron chi connectivity index (χ3n) is 3.28. The Hall–Kier alpha value is -0.780. The lowest BCUT2D eigenvalue weighted by Gasteiger charge is -2.24. The highest BCUT2D eigenvalue weighted by molar-refractivity contribution is 7.99. The van der Waals surface area contributed by atoms with E-state index in [0.717, 1.165) is 31.3 Å². The van der Waals surface area contributed by atoms with E-state index in [1.54, 1.807) is 11.8 Å². The maximum Gasteiger partial charge on any atom is 0.152 e. The zero-order valence-electron chi connectivity index (χ0n) is 9.74. The molecule has 5 heteroatoms. The average molecular weight is 251 g/mol. The van der Waals surface area contributed by atoms with E-state index in [1.165, 1.54) is 23.3 Å². The largest absolute Gasteiger partial charge is 0.480 e. The van der Waals surface area contributed by atoms with Crippen LogP contribution in [0.1, 0.15) is 18.4 Å². The number of piperidine rings is 1. The molecule has 1 aromatic heterocycles. The van der Waals surface area contributed by atoms with Crippen molar-refractivity contribution in [2.45, 2.75) is 30.3 Å². The number of pyridine rings is 1. The lowest BCUT2D eigenvalue weighted by Crippen LogP contribution is -2.39. The van der Waals surface area contributed by atoms with Crippen molar-refractivity contribution in [3.8, 4) is 5.75 Å². The van der Waals surface area contributed by atoms with Crippen LogP contribution in [-0.4, -0.2) is 30.1 Å². The molecule has 0 amide bonds. The molecule has 1 saturated heterocycles. The van der Waals surface area contributed by atoms with Crippen LogP contribution in [0.4, 0.5) is 0 Å². The highest BCUT2D eigenvalue weighted by Gasteiger charge is 2.18. The molecule has 92 valence electrons. The Kier molecular flexibility index (Phi) is 3.49. The predicted octanol–water partition coefficient (Wildman–Crippen LogP) is 1.37. The first-order chi connectivity index (χ1) is 8.43. The zero-order chi connectivity index (χ0) is 11.5. The Bertz CT molecular complexity index is 393. The summed E-state index contributed by atoms with van der Waals surface area (Å²) in [6.45, 7) is 3.15. The molecule has 0 radical (unpaired) electrons. The topological polar surface area (TPSA) is 46.2 Å². The lowest BCUT2D eigenvalue weighted by atomic mass is 10.1. The van der Waals surface area contributed by atoms with Gasteiger partial charge in [-0.25, -0.2) is 0 Å². The first kappa shape index (κ1) is 11.3. The third-order valence-corrected chi connectivity index (χ3v) is 4.26. The molecule has 1 aromatic rings. The van der Waals surface area contributed by atoms with Crippen LogP contribution in [0.2, 0.25) is 0 Å². The molecule has 1 fully saturated rings. The average Bonchev–Trinajstić information content (AvgIpc) is 2.86. The lowest BCUT2D eigenvalue weighted by molar-refractivity contribution is 0.381. The number of ether oxygens (including phenoxy) is 1. The Morgan fingerprint density at radius 3 is 3.18 bits per heavy atom. The van der Waals surface area contributed by atoms with E-state index in [9.17, 15) is 0 Å².